The zero-order valence-electron chi connectivity index (χ0n) is 10.6. The Balaban J connectivity index is 2.57. The van der Waals surface area contributed by atoms with Gasteiger partial charge in [0.05, 0.1) is 6.42 Å². The molecule has 0 bridgehead atoms. The molecule has 1 fully saturated rings. The number of primary amides is 1. The number of carbonyl (C=O) groups is 3. The summed E-state index contributed by atoms with van der Waals surface area (Å²) >= 11 is 0. The highest BCUT2D eigenvalue weighted by molar-refractivity contribution is 5.87. The van der Waals surface area contributed by atoms with Crippen molar-refractivity contribution in [2.24, 2.45) is 11.1 Å². The normalized spacial score (nSPS) is 19.3. The minimum absolute atomic E-state index is 0.0414. The van der Waals surface area contributed by atoms with Gasteiger partial charge in [-0.15, -0.1) is 0 Å². The standard InChI is InChI=1S/C11H19N3O4/c1-11(2)3-4-14(6-11)10(18)13-7(9(16)17)5-8(12)15/h7H,3-6H2,1-2H3,(H2,12,15)(H,13,18)(H,16,17). The Morgan fingerprint density at radius 3 is 2.44 bits per heavy atom. The van der Waals surface area contributed by atoms with Gasteiger partial charge >= 0.3 is 12.0 Å². The number of amides is 3. The van der Waals surface area contributed by atoms with Crippen LogP contribution in [0.1, 0.15) is 26.7 Å². The molecule has 0 aliphatic carbocycles. The third kappa shape index (κ3) is 3.90. The summed E-state index contributed by atoms with van der Waals surface area (Å²) < 4.78 is 0. The first-order chi connectivity index (χ1) is 8.21. The van der Waals surface area contributed by atoms with Crippen LogP contribution in [0.2, 0.25) is 0 Å². The van der Waals surface area contributed by atoms with Crippen LogP contribution in [0.3, 0.4) is 0 Å². The molecule has 18 heavy (non-hydrogen) atoms. The van der Waals surface area contributed by atoms with Crippen LogP contribution in [-0.2, 0) is 9.59 Å². The van der Waals surface area contributed by atoms with Crippen molar-refractivity contribution in [3.05, 3.63) is 0 Å². The summed E-state index contributed by atoms with van der Waals surface area (Å²) in [5.74, 6) is -2.02. The molecule has 102 valence electrons. The third-order valence-corrected chi connectivity index (χ3v) is 2.97. The van der Waals surface area contributed by atoms with E-state index in [0.717, 1.165) is 6.42 Å². The van der Waals surface area contributed by atoms with E-state index >= 15 is 0 Å². The van der Waals surface area contributed by atoms with E-state index in [2.05, 4.69) is 5.32 Å². The predicted molar refractivity (Wildman–Crippen MR) is 63.7 cm³/mol. The van der Waals surface area contributed by atoms with Crippen LogP contribution in [0, 0.1) is 5.41 Å². The number of nitrogens with two attached hydrogens (primary N) is 1. The number of urea groups is 1. The molecular formula is C11H19N3O4. The fourth-order valence-electron chi connectivity index (χ4n) is 1.93. The number of carboxylic acids is 1. The Labute approximate surface area is 105 Å². The van der Waals surface area contributed by atoms with Gasteiger partial charge in [0.15, 0.2) is 0 Å². The zero-order valence-corrected chi connectivity index (χ0v) is 10.6. The number of rotatable bonds is 4. The second kappa shape index (κ2) is 5.24. The van der Waals surface area contributed by atoms with Crippen molar-refractivity contribution < 1.29 is 19.5 Å². The molecule has 1 heterocycles. The molecule has 0 aromatic heterocycles. The summed E-state index contributed by atoms with van der Waals surface area (Å²) in [4.78, 5) is 35.0. The van der Waals surface area contributed by atoms with E-state index in [1.54, 1.807) is 4.90 Å². The smallest absolute Gasteiger partial charge is 0.326 e. The molecule has 3 amide bonds. The number of carboxylic acid groups (broad SMARTS) is 1. The second-order valence-electron chi connectivity index (χ2n) is 5.35. The highest BCUT2D eigenvalue weighted by Gasteiger charge is 2.33. The minimum atomic E-state index is -1.27. The Morgan fingerprint density at radius 1 is 1.44 bits per heavy atom. The topological polar surface area (TPSA) is 113 Å². The third-order valence-electron chi connectivity index (χ3n) is 2.97. The summed E-state index contributed by atoms with van der Waals surface area (Å²) in [7, 11) is 0. The Hall–Kier alpha value is -1.79. The van der Waals surface area contributed by atoms with Crippen LogP contribution in [-0.4, -0.2) is 47.0 Å². The zero-order chi connectivity index (χ0) is 13.9. The Bertz CT molecular complexity index is 367. The number of hydrogen-bond donors (Lipinski definition) is 3. The fourth-order valence-corrected chi connectivity index (χ4v) is 1.93. The maximum Gasteiger partial charge on any atom is 0.326 e. The van der Waals surface area contributed by atoms with Gasteiger partial charge in [0, 0.05) is 13.1 Å². The van der Waals surface area contributed by atoms with Crippen molar-refractivity contribution in [1.82, 2.24) is 10.2 Å². The average molecular weight is 257 g/mol. The summed E-state index contributed by atoms with van der Waals surface area (Å²) in [6.45, 7) is 5.24. The number of hydrogen-bond acceptors (Lipinski definition) is 3. The molecule has 0 aromatic carbocycles. The van der Waals surface area contributed by atoms with Crippen LogP contribution in [0.5, 0.6) is 0 Å². The molecule has 4 N–H and O–H groups in total. The number of nitrogens with zero attached hydrogens (tertiary/aromatic N) is 1. The molecular weight excluding hydrogens is 238 g/mol. The van der Waals surface area contributed by atoms with Gasteiger partial charge in [-0.1, -0.05) is 13.8 Å². The lowest BCUT2D eigenvalue weighted by molar-refractivity contribution is -0.140. The lowest BCUT2D eigenvalue weighted by Crippen LogP contribution is -2.48. The first-order valence-corrected chi connectivity index (χ1v) is 5.78. The van der Waals surface area contributed by atoms with Crippen molar-refractivity contribution in [3.63, 3.8) is 0 Å². The van der Waals surface area contributed by atoms with Gasteiger partial charge in [0.25, 0.3) is 0 Å². The quantitative estimate of drug-likeness (QED) is 0.644. The molecule has 0 spiro atoms. The van der Waals surface area contributed by atoms with Gasteiger partial charge in [0.1, 0.15) is 6.04 Å². The Kier molecular flexibility index (Phi) is 4.15. The molecule has 1 atom stereocenters. The van der Waals surface area contributed by atoms with Crippen LogP contribution in [0.25, 0.3) is 0 Å². The predicted octanol–water partition coefficient (Wildman–Crippen LogP) is -0.243. The van der Waals surface area contributed by atoms with Gasteiger partial charge in [-0.3, -0.25) is 4.79 Å². The van der Waals surface area contributed by atoms with E-state index in [4.69, 9.17) is 10.8 Å². The summed E-state index contributed by atoms with van der Waals surface area (Å²) in [5.41, 5.74) is 4.98. The minimum Gasteiger partial charge on any atom is -0.480 e. The first-order valence-electron chi connectivity index (χ1n) is 5.78. The van der Waals surface area contributed by atoms with E-state index in [1.165, 1.54) is 0 Å². The second-order valence-corrected chi connectivity index (χ2v) is 5.35. The number of carbonyl (C=O) groups excluding carboxylic acids is 2. The van der Waals surface area contributed by atoms with Crippen LogP contribution in [0.15, 0.2) is 0 Å². The molecule has 1 rings (SSSR count). The molecule has 7 heteroatoms. The van der Waals surface area contributed by atoms with Crippen molar-refractivity contribution in [2.75, 3.05) is 13.1 Å². The van der Waals surface area contributed by atoms with Gasteiger partial charge in [-0.25, -0.2) is 9.59 Å². The maximum absolute atomic E-state index is 11.8. The van der Waals surface area contributed by atoms with Crippen LogP contribution >= 0.6 is 0 Å². The maximum atomic E-state index is 11.8. The van der Waals surface area contributed by atoms with E-state index < -0.39 is 30.4 Å². The monoisotopic (exact) mass is 257 g/mol. The molecule has 1 aliphatic heterocycles. The first kappa shape index (κ1) is 14.3. The average Bonchev–Trinajstić information content (AvgIpc) is 2.57. The largest absolute Gasteiger partial charge is 0.480 e. The Morgan fingerprint density at radius 2 is 2.06 bits per heavy atom. The van der Waals surface area contributed by atoms with Crippen LogP contribution in [0.4, 0.5) is 4.79 Å². The van der Waals surface area contributed by atoms with Gasteiger partial charge in [0.2, 0.25) is 5.91 Å². The molecule has 1 unspecified atom stereocenters. The number of nitrogens with one attached hydrogen (secondary N) is 1. The fraction of sp³-hybridized carbons (Fsp3) is 0.727. The molecule has 1 saturated heterocycles. The molecule has 0 radical (unpaired) electrons. The summed E-state index contributed by atoms with van der Waals surface area (Å²) in [6, 6.07) is -1.73. The number of aliphatic carboxylic acids is 1. The molecule has 7 nitrogen and oxygen atoms in total. The van der Waals surface area contributed by atoms with E-state index in [-0.39, 0.29) is 5.41 Å². The van der Waals surface area contributed by atoms with Crippen molar-refractivity contribution in [2.45, 2.75) is 32.7 Å². The molecule has 0 saturated carbocycles. The summed E-state index contributed by atoms with van der Waals surface area (Å²) in [6.07, 6.45) is 0.465. The van der Waals surface area contributed by atoms with Crippen molar-refractivity contribution >= 4 is 17.9 Å². The van der Waals surface area contributed by atoms with Crippen LogP contribution < -0.4 is 11.1 Å². The lowest BCUT2D eigenvalue weighted by Gasteiger charge is -2.22. The summed E-state index contributed by atoms with van der Waals surface area (Å²) in [5, 5.41) is 11.2. The highest BCUT2D eigenvalue weighted by Crippen LogP contribution is 2.28. The van der Waals surface area contributed by atoms with Crippen molar-refractivity contribution in [3.8, 4) is 0 Å². The lowest BCUT2D eigenvalue weighted by atomic mass is 9.93. The van der Waals surface area contributed by atoms with Gasteiger partial charge < -0.3 is 21.1 Å². The SMILES string of the molecule is CC1(C)CCN(C(=O)NC(CC(N)=O)C(=O)O)C1. The van der Waals surface area contributed by atoms with Gasteiger partial charge in [-0.2, -0.15) is 0 Å². The molecule has 1 aliphatic rings. The molecule has 0 aromatic rings. The van der Waals surface area contributed by atoms with Gasteiger partial charge in [-0.05, 0) is 11.8 Å². The number of likely N-dealkylation sites (tertiary alicyclic amines) is 1. The highest BCUT2D eigenvalue weighted by atomic mass is 16.4. The van der Waals surface area contributed by atoms with Crippen molar-refractivity contribution in [1.29, 1.82) is 0 Å². The van der Waals surface area contributed by atoms with E-state index in [1.807, 2.05) is 13.8 Å². The van der Waals surface area contributed by atoms with E-state index in [0.29, 0.717) is 13.1 Å². The van der Waals surface area contributed by atoms with E-state index in [9.17, 15) is 14.4 Å².